The molecule has 0 fully saturated rings. The molecule has 0 radical (unpaired) electrons. The molecule has 0 bridgehead atoms. The predicted octanol–water partition coefficient (Wildman–Crippen LogP) is 7.21. The highest BCUT2D eigenvalue weighted by molar-refractivity contribution is 6.01. The van der Waals surface area contributed by atoms with Gasteiger partial charge in [-0.25, -0.2) is 4.79 Å². The van der Waals surface area contributed by atoms with Gasteiger partial charge < -0.3 is 35.1 Å². The van der Waals surface area contributed by atoms with Crippen LogP contribution in [0.1, 0.15) is 103 Å². The molecular weight excluding hydrogens is 709 g/mol. The summed E-state index contributed by atoms with van der Waals surface area (Å²) in [6, 6.07) is 24.7. The zero-order chi connectivity index (χ0) is 39.8. The van der Waals surface area contributed by atoms with E-state index >= 15 is 0 Å². The maximum absolute atomic E-state index is 13.0. The number of ketones is 1. The Hall–Kier alpha value is -5.75. The van der Waals surface area contributed by atoms with Crippen molar-refractivity contribution in [2.75, 3.05) is 48.1 Å². The van der Waals surface area contributed by atoms with E-state index in [2.05, 4.69) is 28.9 Å². The number of fused-ring (bicyclic) bond motifs is 2. The van der Waals surface area contributed by atoms with Crippen LogP contribution in [0.4, 0.5) is 22.7 Å². The lowest BCUT2D eigenvalue weighted by molar-refractivity contribution is -0.119. The number of anilines is 4. The second-order valence-corrected chi connectivity index (χ2v) is 14.9. The van der Waals surface area contributed by atoms with Crippen LogP contribution in [0.2, 0.25) is 0 Å². The first kappa shape index (κ1) is 39.9. The average Bonchev–Trinajstić information content (AvgIpc) is 3.55. The summed E-state index contributed by atoms with van der Waals surface area (Å²) < 4.78 is 7.41. The highest BCUT2D eigenvalue weighted by atomic mass is 16.5. The summed E-state index contributed by atoms with van der Waals surface area (Å²) >= 11 is 0. The molecule has 3 amide bonds. The molecular formula is C44H52N6O6. The molecule has 0 saturated carbocycles. The van der Waals surface area contributed by atoms with Gasteiger partial charge >= 0.3 is 5.97 Å². The molecule has 1 aliphatic carbocycles. The van der Waals surface area contributed by atoms with E-state index in [9.17, 15) is 24.0 Å². The van der Waals surface area contributed by atoms with Gasteiger partial charge in [-0.3, -0.25) is 19.2 Å². The summed E-state index contributed by atoms with van der Waals surface area (Å²) in [6.07, 6.45) is 3.92. The van der Waals surface area contributed by atoms with Gasteiger partial charge in [0.1, 0.15) is 12.3 Å². The number of nitrogens with one attached hydrogen (secondary N) is 3. The number of hydrogen-bond acceptors (Lipinski definition) is 8. The maximum Gasteiger partial charge on any atom is 0.355 e. The molecule has 3 N–H and O–H groups in total. The van der Waals surface area contributed by atoms with Crippen molar-refractivity contribution in [1.29, 1.82) is 0 Å². The fourth-order valence-electron chi connectivity index (χ4n) is 7.48. The molecule has 1 aliphatic heterocycles. The molecule has 4 aromatic rings. The predicted molar refractivity (Wildman–Crippen MR) is 218 cm³/mol. The van der Waals surface area contributed by atoms with E-state index in [-0.39, 0.29) is 55.0 Å². The molecule has 6 rings (SSSR count). The fraction of sp³-hybridized carbons (Fsp3) is 0.386. The summed E-state index contributed by atoms with van der Waals surface area (Å²) in [6.45, 7) is 5.20. The summed E-state index contributed by atoms with van der Waals surface area (Å²) in [5.74, 6) is -0.655. The van der Waals surface area contributed by atoms with Gasteiger partial charge in [-0.2, -0.15) is 0 Å². The van der Waals surface area contributed by atoms with Gasteiger partial charge in [0.05, 0.1) is 6.04 Å². The van der Waals surface area contributed by atoms with Gasteiger partial charge in [0, 0.05) is 78.8 Å². The van der Waals surface area contributed by atoms with E-state index in [1.807, 2.05) is 102 Å². The van der Waals surface area contributed by atoms with Crippen molar-refractivity contribution in [3.8, 4) is 0 Å². The molecule has 294 valence electrons. The standard InChI is InChI=1S/C44H52N6O6/c1-5-43(54)50-29(2)26-36(34-10-6-7-11-38(34)50)45-31-20-22-33(23-21-31)47-42(53)15-9-14-41(52)46-32-18-16-30(17-19-32)28-49-37-12-8-13-40(51)35(37)27-39(49)44(55)56-25-24-48(3)4/h6-7,10-11,16-23,27,29,36,45H,5,8-9,12-15,24-26,28H2,1-4H3,(H,46,52)(H,47,53)/t29-,36+/m0/s1. The van der Waals surface area contributed by atoms with Crippen LogP contribution in [0.15, 0.2) is 78.9 Å². The number of ether oxygens (including phenoxy) is 1. The molecule has 2 heterocycles. The number of rotatable bonds is 15. The van der Waals surface area contributed by atoms with E-state index in [0.29, 0.717) is 61.4 Å². The van der Waals surface area contributed by atoms with Crippen LogP contribution in [0.25, 0.3) is 0 Å². The second kappa shape index (κ2) is 18.3. The Labute approximate surface area is 328 Å². The minimum absolute atomic E-state index is 0.0402. The number of benzene rings is 3. The number of carbonyl (C=O) groups excluding carboxylic acids is 5. The zero-order valence-corrected chi connectivity index (χ0v) is 32.7. The second-order valence-electron chi connectivity index (χ2n) is 14.9. The SMILES string of the molecule is CCC(=O)N1c2ccccc2[C@H](Nc2ccc(NC(=O)CCCC(=O)Nc3ccc(Cn4c(C(=O)OCCN(C)C)cc5c4CCCC5=O)cc3)cc2)C[C@@H]1C. The van der Waals surface area contributed by atoms with Crippen LogP contribution in [0.3, 0.4) is 0 Å². The Bertz CT molecular complexity index is 2050. The van der Waals surface area contributed by atoms with Crippen LogP contribution in [0.5, 0.6) is 0 Å². The zero-order valence-electron chi connectivity index (χ0n) is 32.7. The van der Waals surface area contributed by atoms with Crippen molar-refractivity contribution in [1.82, 2.24) is 9.47 Å². The fourth-order valence-corrected chi connectivity index (χ4v) is 7.48. The van der Waals surface area contributed by atoms with Crippen LogP contribution in [-0.2, 0) is 32.1 Å². The molecule has 1 aromatic heterocycles. The molecule has 3 aromatic carbocycles. The van der Waals surface area contributed by atoms with Gasteiger partial charge in [0.2, 0.25) is 17.7 Å². The molecule has 12 heteroatoms. The topological polar surface area (TPSA) is 142 Å². The Balaban J connectivity index is 0.962. The van der Waals surface area contributed by atoms with E-state index in [4.69, 9.17) is 4.74 Å². The summed E-state index contributed by atoms with van der Waals surface area (Å²) in [5, 5.41) is 9.43. The van der Waals surface area contributed by atoms with Gasteiger partial charge in [-0.05, 0) is 106 Å². The van der Waals surface area contributed by atoms with Gasteiger partial charge in [0.25, 0.3) is 0 Å². The number of aromatic nitrogens is 1. The van der Waals surface area contributed by atoms with Crippen molar-refractivity contribution in [3.63, 3.8) is 0 Å². The lowest BCUT2D eigenvalue weighted by atomic mass is 9.91. The Morgan fingerprint density at radius 1 is 0.857 bits per heavy atom. The quantitative estimate of drug-likeness (QED) is 0.108. The van der Waals surface area contributed by atoms with Crippen LogP contribution >= 0.6 is 0 Å². The molecule has 0 unspecified atom stereocenters. The van der Waals surface area contributed by atoms with Gasteiger partial charge in [-0.15, -0.1) is 0 Å². The number of hydrogen-bond donors (Lipinski definition) is 3. The summed E-state index contributed by atoms with van der Waals surface area (Å²) in [5.41, 5.74) is 6.96. The first-order chi connectivity index (χ1) is 27.0. The highest BCUT2D eigenvalue weighted by Gasteiger charge is 2.33. The minimum Gasteiger partial charge on any atom is -0.460 e. The number of para-hydroxylation sites is 1. The van der Waals surface area contributed by atoms with Crippen molar-refractivity contribution >= 4 is 52.2 Å². The molecule has 2 aliphatic rings. The Morgan fingerprint density at radius 3 is 2.16 bits per heavy atom. The van der Waals surface area contributed by atoms with E-state index in [1.54, 1.807) is 6.07 Å². The molecule has 0 spiro atoms. The third-order valence-electron chi connectivity index (χ3n) is 10.4. The van der Waals surface area contributed by atoms with E-state index in [0.717, 1.165) is 41.0 Å². The number of Topliss-reactive ketones (excluding diaryl/α,β-unsaturated/α-hetero) is 1. The Morgan fingerprint density at radius 2 is 1.50 bits per heavy atom. The van der Waals surface area contributed by atoms with Crippen molar-refractivity contribution in [2.45, 2.75) is 83.8 Å². The molecule has 12 nitrogen and oxygen atoms in total. The number of amides is 3. The normalized spacial score (nSPS) is 16.2. The van der Waals surface area contributed by atoms with Gasteiger partial charge in [0.15, 0.2) is 5.78 Å². The third kappa shape index (κ3) is 9.72. The maximum atomic E-state index is 13.0. The number of likely N-dealkylation sites (N-methyl/N-ethyl adjacent to an activating group) is 1. The first-order valence-electron chi connectivity index (χ1n) is 19.5. The Kier molecular flexibility index (Phi) is 13.0. The molecule has 2 atom stereocenters. The van der Waals surface area contributed by atoms with Crippen LogP contribution in [0, 0.1) is 0 Å². The summed E-state index contributed by atoms with van der Waals surface area (Å²) in [7, 11) is 3.81. The summed E-state index contributed by atoms with van der Waals surface area (Å²) in [4.78, 5) is 67.7. The monoisotopic (exact) mass is 760 g/mol. The van der Waals surface area contributed by atoms with E-state index < -0.39 is 5.97 Å². The number of nitrogens with zero attached hydrogens (tertiary/aromatic N) is 3. The third-order valence-corrected chi connectivity index (χ3v) is 10.4. The highest BCUT2D eigenvalue weighted by Crippen LogP contribution is 2.39. The molecule has 56 heavy (non-hydrogen) atoms. The first-order valence-corrected chi connectivity index (χ1v) is 19.5. The average molecular weight is 761 g/mol. The van der Waals surface area contributed by atoms with Crippen LogP contribution < -0.4 is 20.9 Å². The lowest BCUT2D eigenvalue weighted by Crippen LogP contribution is -2.44. The lowest BCUT2D eigenvalue weighted by Gasteiger charge is -2.40. The van der Waals surface area contributed by atoms with Crippen molar-refractivity contribution in [2.24, 2.45) is 0 Å². The van der Waals surface area contributed by atoms with E-state index in [1.165, 1.54) is 0 Å². The van der Waals surface area contributed by atoms with Gasteiger partial charge in [-0.1, -0.05) is 37.3 Å². The van der Waals surface area contributed by atoms with Crippen LogP contribution in [-0.4, -0.2) is 72.2 Å². The minimum atomic E-state index is -0.450. The van der Waals surface area contributed by atoms with Crippen molar-refractivity contribution in [3.05, 3.63) is 107 Å². The smallest absolute Gasteiger partial charge is 0.355 e. The number of carbonyl (C=O) groups is 5. The largest absolute Gasteiger partial charge is 0.460 e. The molecule has 0 saturated heterocycles. The van der Waals surface area contributed by atoms with Crippen molar-refractivity contribution < 1.29 is 28.7 Å². The number of esters is 1.